The summed E-state index contributed by atoms with van der Waals surface area (Å²) in [5.74, 6) is 0.156. The summed E-state index contributed by atoms with van der Waals surface area (Å²) in [5, 5.41) is 13.4. The predicted octanol–water partition coefficient (Wildman–Crippen LogP) is 4.00. The van der Waals surface area contributed by atoms with Gasteiger partial charge in [0.1, 0.15) is 17.3 Å². The summed E-state index contributed by atoms with van der Waals surface area (Å²) in [5.41, 5.74) is 5.63. The van der Waals surface area contributed by atoms with Crippen LogP contribution in [0.1, 0.15) is 76.8 Å². The molecule has 3 aliphatic rings. The number of likely N-dealkylation sites (N-methyl/N-ethyl adjacent to an activating group) is 1. The second kappa shape index (κ2) is 13.7. The highest BCUT2D eigenvalue weighted by atomic mass is 16.5. The van der Waals surface area contributed by atoms with Crippen LogP contribution >= 0.6 is 0 Å². The Morgan fingerprint density at radius 1 is 1.12 bits per heavy atom. The lowest BCUT2D eigenvalue weighted by Crippen LogP contribution is -2.52. The van der Waals surface area contributed by atoms with E-state index in [1.807, 2.05) is 31.7 Å². The maximum atomic E-state index is 13.7. The predicted molar refractivity (Wildman–Crippen MR) is 182 cm³/mol. The molecule has 0 bridgehead atoms. The Balaban J connectivity index is 1.14. The van der Waals surface area contributed by atoms with E-state index in [1.54, 1.807) is 42.5 Å². The van der Waals surface area contributed by atoms with Gasteiger partial charge in [-0.2, -0.15) is 0 Å². The molecule has 48 heavy (non-hydrogen) atoms. The van der Waals surface area contributed by atoms with Crippen molar-refractivity contribution in [1.82, 2.24) is 24.3 Å². The smallest absolute Gasteiger partial charge is 0.276 e. The van der Waals surface area contributed by atoms with Crippen LogP contribution in [0.15, 0.2) is 55.1 Å². The molecular formula is C36H43N7O5. The molecule has 0 spiro atoms. The maximum Gasteiger partial charge on any atom is 0.276 e. The molecule has 5 heterocycles. The lowest BCUT2D eigenvalue weighted by atomic mass is 9.98. The number of rotatable bonds is 8. The SMILES string of the molecule is C=C(Nc1ccc(C(=O)N2[C@H](C)COC[C@@H]2C)cn1)C(=O)N(C)/C=C(\C)c1ccnc(N2CCn3c(cc4c3CCCC4)C2=O)c1CO. The summed E-state index contributed by atoms with van der Waals surface area (Å²) in [4.78, 5) is 53.8. The van der Waals surface area contributed by atoms with Crippen LogP contribution in [-0.2, 0) is 35.5 Å². The van der Waals surface area contributed by atoms with Crippen molar-refractivity contribution in [1.29, 1.82) is 0 Å². The molecule has 12 nitrogen and oxygen atoms in total. The number of hydrogen-bond acceptors (Lipinski definition) is 8. The molecule has 3 amide bonds. The molecule has 0 aromatic carbocycles. The van der Waals surface area contributed by atoms with Crippen molar-refractivity contribution in [2.24, 2.45) is 0 Å². The molecular weight excluding hydrogens is 610 g/mol. The van der Waals surface area contributed by atoms with Gasteiger partial charge in [-0.1, -0.05) is 6.58 Å². The molecule has 1 aliphatic carbocycles. The summed E-state index contributed by atoms with van der Waals surface area (Å²) in [6, 6.07) is 7.03. The number of amides is 3. The molecule has 2 atom stereocenters. The van der Waals surface area contributed by atoms with Gasteiger partial charge in [0.15, 0.2) is 0 Å². The molecule has 0 radical (unpaired) electrons. The minimum atomic E-state index is -0.400. The number of ether oxygens (including phenoxy) is 1. The van der Waals surface area contributed by atoms with E-state index >= 15 is 0 Å². The Labute approximate surface area is 280 Å². The van der Waals surface area contributed by atoms with Crippen LogP contribution in [0.4, 0.5) is 11.6 Å². The Bertz CT molecular complexity index is 1770. The highest BCUT2D eigenvalue weighted by Crippen LogP contribution is 2.33. The number of carbonyl (C=O) groups excluding carboxylic acids is 3. The number of anilines is 2. The molecule has 3 aromatic heterocycles. The number of pyridine rings is 2. The summed E-state index contributed by atoms with van der Waals surface area (Å²) in [6.45, 7) is 11.4. The fourth-order valence-corrected chi connectivity index (χ4v) is 7.07. The van der Waals surface area contributed by atoms with Crippen LogP contribution < -0.4 is 10.2 Å². The molecule has 1 fully saturated rings. The lowest BCUT2D eigenvalue weighted by Gasteiger charge is -2.38. The van der Waals surface area contributed by atoms with E-state index in [9.17, 15) is 19.5 Å². The van der Waals surface area contributed by atoms with Crippen molar-refractivity contribution >= 4 is 34.9 Å². The Morgan fingerprint density at radius 3 is 2.58 bits per heavy atom. The van der Waals surface area contributed by atoms with E-state index < -0.39 is 5.91 Å². The van der Waals surface area contributed by atoms with Gasteiger partial charge in [0.2, 0.25) is 0 Å². The minimum absolute atomic E-state index is 0.0405. The Kier molecular flexibility index (Phi) is 9.47. The molecule has 12 heteroatoms. The number of aromatic nitrogens is 3. The molecule has 6 rings (SSSR count). The third-order valence-corrected chi connectivity index (χ3v) is 9.45. The number of nitrogens with zero attached hydrogens (tertiary/aromatic N) is 6. The largest absolute Gasteiger partial charge is 0.392 e. The van der Waals surface area contributed by atoms with Gasteiger partial charge >= 0.3 is 0 Å². The average Bonchev–Trinajstić information content (AvgIpc) is 3.47. The number of aliphatic hydroxyl groups is 1. The van der Waals surface area contributed by atoms with Crippen molar-refractivity contribution in [3.05, 3.63) is 88.8 Å². The minimum Gasteiger partial charge on any atom is -0.392 e. The zero-order valence-corrected chi connectivity index (χ0v) is 28.0. The van der Waals surface area contributed by atoms with Gasteiger partial charge in [-0.05, 0) is 87.4 Å². The molecule has 3 aromatic rings. The number of aryl methyl sites for hydroxylation is 1. The number of fused-ring (bicyclic) bond motifs is 3. The van der Waals surface area contributed by atoms with E-state index in [-0.39, 0.29) is 36.2 Å². The van der Waals surface area contributed by atoms with Crippen LogP contribution in [0.5, 0.6) is 0 Å². The van der Waals surface area contributed by atoms with E-state index in [0.29, 0.717) is 65.9 Å². The summed E-state index contributed by atoms with van der Waals surface area (Å²) in [6.07, 6.45) is 9.03. The molecule has 252 valence electrons. The molecule has 0 unspecified atom stereocenters. The molecule has 1 saturated heterocycles. The molecule has 2 aliphatic heterocycles. The first-order valence-corrected chi connectivity index (χ1v) is 16.5. The van der Waals surface area contributed by atoms with Crippen molar-refractivity contribution in [3.63, 3.8) is 0 Å². The lowest BCUT2D eigenvalue weighted by molar-refractivity contribution is -0.123. The quantitative estimate of drug-likeness (QED) is 0.349. The van der Waals surface area contributed by atoms with E-state index in [4.69, 9.17) is 4.74 Å². The fourth-order valence-electron chi connectivity index (χ4n) is 7.07. The Hall–Kier alpha value is -4.81. The maximum absolute atomic E-state index is 13.7. The van der Waals surface area contributed by atoms with Gasteiger partial charge in [-0.25, -0.2) is 9.97 Å². The summed E-state index contributed by atoms with van der Waals surface area (Å²) >= 11 is 0. The number of carbonyl (C=O) groups is 3. The monoisotopic (exact) mass is 653 g/mol. The van der Waals surface area contributed by atoms with E-state index in [2.05, 4.69) is 26.4 Å². The zero-order valence-electron chi connectivity index (χ0n) is 28.0. The first-order chi connectivity index (χ1) is 23.1. The third-order valence-electron chi connectivity index (χ3n) is 9.45. The average molecular weight is 654 g/mol. The topological polar surface area (TPSA) is 133 Å². The van der Waals surface area contributed by atoms with Gasteiger partial charge in [-0.3, -0.25) is 19.3 Å². The number of morpholine rings is 1. The molecule has 2 N–H and O–H groups in total. The normalized spacial score (nSPS) is 19.4. The van der Waals surface area contributed by atoms with Gasteiger partial charge < -0.3 is 29.5 Å². The molecule has 0 saturated carbocycles. The standard InChI is InChI=1S/C36H43N7O5/c1-22(18-40(5)34(45)25(4)39-32-11-10-27(17-38-32)35(46)43-23(2)20-48-21-24(43)3)28-12-13-37-33(29(28)19-44)42-15-14-41-30-9-7-6-8-26(30)16-31(41)36(42)47/h10-13,16-18,23-24,44H,4,6-9,14-15,19-21H2,1-3,5H3,(H,38,39)/b22-18+/t23-,24+. The highest BCUT2D eigenvalue weighted by Gasteiger charge is 2.33. The number of hydrogen-bond donors (Lipinski definition) is 2. The summed E-state index contributed by atoms with van der Waals surface area (Å²) in [7, 11) is 1.61. The fraction of sp³-hybridized carbons (Fsp3) is 0.417. The van der Waals surface area contributed by atoms with E-state index in [0.717, 1.165) is 25.7 Å². The van der Waals surface area contributed by atoms with Crippen molar-refractivity contribution in [2.45, 2.75) is 71.7 Å². The van der Waals surface area contributed by atoms with Crippen molar-refractivity contribution < 1.29 is 24.2 Å². The van der Waals surface area contributed by atoms with Crippen LogP contribution in [0.2, 0.25) is 0 Å². The number of allylic oxidation sites excluding steroid dienone is 1. The van der Waals surface area contributed by atoms with Gasteiger partial charge in [-0.15, -0.1) is 0 Å². The number of aliphatic hydroxyl groups excluding tert-OH is 1. The first-order valence-electron chi connectivity index (χ1n) is 16.5. The van der Waals surface area contributed by atoms with Crippen LogP contribution in [0.25, 0.3) is 5.57 Å². The van der Waals surface area contributed by atoms with Gasteiger partial charge in [0, 0.05) is 50.0 Å². The van der Waals surface area contributed by atoms with Crippen LogP contribution in [0, 0.1) is 0 Å². The third kappa shape index (κ3) is 6.25. The Morgan fingerprint density at radius 2 is 1.88 bits per heavy atom. The van der Waals surface area contributed by atoms with Crippen molar-refractivity contribution in [2.75, 3.05) is 37.0 Å². The van der Waals surface area contributed by atoms with Crippen LogP contribution in [0.3, 0.4) is 0 Å². The highest BCUT2D eigenvalue weighted by molar-refractivity contribution is 6.06. The first kappa shape index (κ1) is 33.1. The van der Waals surface area contributed by atoms with Crippen molar-refractivity contribution in [3.8, 4) is 0 Å². The van der Waals surface area contributed by atoms with Gasteiger partial charge in [0.05, 0.1) is 43.2 Å². The summed E-state index contributed by atoms with van der Waals surface area (Å²) < 4.78 is 7.69. The second-order valence-corrected chi connectivity index (χ2v) is 12.8. The zero-order chi connectivity index (χ0) is 34.1. The van der Waals surface area contributed by atoms with Crippen LogP contribution in [-0.4, -0.2) is 86.1 Å². The van der Waals surface area contributed by atoms with Gasteiger partial charge in [0.25, 0.3) is 17.7 Å². The van der Waals surface area contributed by atoms with E-state index in [1.165, 1.54) is 22.4 Å². The number of nitrogens with one attached hydrogen (secondary N) is 1. The second-order valence-electron chi connectivity index (χ2n) is 12.8.